The monoisotopic (exact) mass is 411 g/mol. The zero-order valence-corrected chi connectivity index (χ0v) is 16.0. The number of fused-ring (bicyclic) bond motifs is 4. The predicted molar refractivity (Wildman–Crippen MR) is 97.4 cm³/mol. The number of para-hydroxylation sites is 3. The highest BCUT2D eigenvalue weighted by Gasteiger charge is 2.67. The van der Waals surface area contributed by atoms with Gasteiger partial charge in [0.05, 0.1) is 11.3 Å². The van der Waals surface area contributed by atoms with Crippen LogP contribution in [-0.4, -0.2) is 10.8 Å². The Morgan fingerprint density at radius 1 is 0.960 bits per heavy atom. The fourth-order valence-corrected chi connectivity index (χ4v) is 4.80. The first kappa shape index (κ1) is 15.1. The number of aromatic nitrogens is 1. The first-order chi connectivity index (χ1) is 11.7. The molecule has 1 aromatic heterocycles. The maximum atomic E-state index is 5.12. The summed E-state index contributed by atoms with van der Waals surface area (Å²) in [6.45, 7) is 4.19. The van der Waals surface area contributed by atoms with Crippen LogP contribution >= 0.6 is 11.3 Å². The van der Waals surface area contributed by atoms with E-state index >= 15 is 0 Å². The molecule has 4 bridgehead atoms. The van der Waals surface area contributed by atoms with E-state index in [1.165, 1.54) is 21.8 Å². The summed E-state index contributed by atoms with van der Waals surface area (Å²) in [5.41, 5.74) is 5.79. The third-order valence-electron chi connectivity index (χ3n) is 4.99. The topological polar surface area (TPSA) is 31.7 Å². The first-order valence-corrected chi connectivity index (χ1v) is 8.77. The Labute approximate surface area is 159 Å². The van der Waals surface area contributed by atoms with Crippen molar-refractivity contribution < 1.29 is 17.0 Å². The van der Waals surface area contributed by atoms with E-state index in [0.29, 0.717) is 4.70 Å². The van der Waals surface area contributed by atoms with Gasteiger partial charge < -0.3 is 17.0 Å². The quantitative estimate of drug-likeness (QED) is 0.564. The van der Waals surface area contributed by atoms with E-state index in [1.807, 2.05) is 0 Å². The number of halogens is 1. The summed E-state index contributed by atoms with van der Waals surface area (Å²) in [5.74, 6) is 1.01. The second kappa shape index (κ2) is 4.69. The zero-order chi connectivity index (χ0) is 16.1. The van der Waals surface area contributed by atoms with E-state index in [1.54, 1.807) is 11.3 Å². The molecule has 0 aliphatic carbocycles. The average molecular weight is 412 g/mol. The lowest BCUT2D eigenvalue weighted by Crippen LogP contribution is -3.00. The van der Waals surface area contributed by atoms with Crippen molar-refractivity contribution in [2.45, 2.75) is 13.8 Å². The maximum Gasteiger partial charge on any atom is 0.346 e. The highest BCUT2D eigenvalue weighted by molar-refractivity contribution is 7.15. The van der Waals surface area contributed by atoms with Crippen molar-refractivity contribution in [3.63, 3.8) is 0 Å². The van der Waals surface area contributed by atoms with Crippen LogP contribution in [0.3, 0.4) is 0 Å². The number of hydrazine groups is 1. The van der Waals surface area contributed by atoms with Crippen LogP contribution in [0.1, 0.15) is 16.1 Å². The SMILES string of the molecule is Cc1nc([N+]23N=C4c5ccccc5N2N4c2ccccc23)sc1C.[Br-]. The van der Waals surface area contributed by atoms with Crippen molar-refractivity contribution in [3.05, 3.63) is 64.7 Å². The van der Waals surface area contributed by atoms with E-state index in [0.717, 1.165) is 22.3 Å². The average Bonchev–Trinajstić information content (AvgIpc) is 3.31. The molecule has 0 spiro atoms. The lowest BCUT2D eigenvalue weighted by atomic mass is 10.1. The number of aryl methyl sites for hydroxylation is 2. The fourth-order valence-electron chi connectivity index (χ4n) is 3.80. The predicted octanol–water partition coefficient (Wildman–Crippen LogP) is 1.25. The van der Waals surface area contributed by atoms with Gasteiger partial charge in [-0.1, -0.05) is 40.7 Å². The zero-order valence-electron chi connectivity index (χ0n) is 13.6. The molecular weight excluding hydrogens is 398 g/mol. The minimum absolute atomic E-state index is 0. The molecule has 0 fully saturated rings. The molecule has 1 atom stereocenters. The van der Waals surface area contributed by atoms with Gasteiger partial charge in [-0.3, -0.25) is 0 Å². The molecule has 5 nitrogen and oxygen atoms in total. The standard InChI is InChI=1S/C18H14N5S.BrH/c1-11-12(2)24-18(19-11)23-16-10-6-5-9-15(16)21-17(20-23)13-7-3-4-8-14(13)22(21)23;/h3-10H,1-2H3;1H/q+1;/p-1. The van der Waals surface area contributed by atoms with Crippen LogP contribution in [0, 0.1) is 13.8 Å². The van der Waals surface area contributed by atoms with Crippen LogP contribution in [0.15, 0.2) is 53.6 Å². The molecule has 2 aromatic carbocycles. The number of nitrogens with zero attached hydrogens (tertiary/aromatic N) is 5. The number of amidine groups is 1. The molecule has 25 heavy (non-hydrogen) atoms. The molecule has 7 heteroatoms. The van der Waals surface area contributed by atoms with Gasteiger partial charge in [-0.15, -0.1) is 0 Å². The molecule has 124 valence electrons. The lowest BCUT2D eigenvalue weighted by Gasteiger charge is -2.29. The molecule has 1 unspecified atom stereocenters. The van der Waals surface area contributed by atoms with Crippen molar-refractivity contribution in [2.75, 3.05) is 10.1 Å². The third-order valence-corrected chi connectivity index (χ3v) is 6.12. The van der Waals surface area contributed by atoms with E-state index in [2.05, 4.69) is 72.5 Å². The van der Waals surface area contributed by atoms with Crippen LogP contribution in [0.25, 0.3) is 0 Å². The number of anilines is 2. The molecule has 6 rings (SSSR count). The largest absolute Gasteiger partial charge is 1.00 e. The van der Waals surface area contributed by atoms with Crippen molar-refractivity contribution in [1.29, 1.82) is 0 Å². The Hall–Kier alpha value is -2.22. The minimum atomic E-state index is 0. The van der Waals surface area contributed by atoms with E-state index in [9.17, 15) is 0 Å². The van der Waals surface area contributed by atoms with Crippen LogP contribution in [-0.2, 0) is 0 Å². The number of thiazole rings is 1. The van der Waals surface area contributed by atoms with Gasteiger partial charge in [-0.2, -0.15) is 9.99 Å². The van der Waals surface area contributed by atoms with Gasteiger partial charge in [0.15, 0.2) is 0 Å². The second-order valence-electron chi connectivity index (χ2n) is 6.27. The van der Waals surface area contributed by atoms with Gasteiger partial charge in [-0.25, -0.2) is 0 Å². The molecular formula is C18H14BrN5S. The summed E-state index contributed by atoms with van der Waals surface area (Å²) in [4.78, 5) is 6.11. The molecule has 0 saturated carbocycles. The van der Waals surface area contributed by atoms with E-state index in [-0.39, 0.29) is 17.0 Å². The van der Waals surface area contributed by atoms with Crippen molar-refractivity contribution in [3.8, 4) is 0 Å². The maximum absolute atomic E-state index is 5.12. The summed E-state index contributed by atoms with van der Waals surface area (Å²) in [7, 11) is 0. The Morgan fingerprint density at radius 3 is 2.44 bits per heavy atom. The van der Waals surface area contributed by atoms with Crippen LogP contribution < -0.4 is 31.8 Å². The minimum Gasteiger partial charge on any atom is -1.00 e. The fraction of sp³-hybridized carbons (Fsp3) is 0.111. The molecule has 0 saturated heterocycles. The van der Waals surface area contributed by atoms with Crippen molar-refractivity contribution >= 4 is 39.4 Å². The second-order valence-corrected chi connectivity index (χ2v) is 7.45. The number of benzene rings is 2. The van der Waals surface area contributed by atoms with Gasteiger partial charge in [0.25, 0.3) is 0 Å². The molecule has 0 amide bonds. The summed E-state index contributed by atoms with van der Waals surface area (Å²) >= 11 is 1.73. The Kier molecular flexibility index (Phi) is 2.83. The highest BCUT2D eigenvalue weighted by atomic mass is 79.9. The molecule has 4 heterocycles. The summed E-state index contributed by atoms with van der Waals surface area (Å²) in [5, 5.41) is 10.6. The van der Waals surface area contributed by atoms with Gasteiger partial charge in [-0.05, 0) is 37.1 Å². The molecule has 3 aromatic rings. The van der Waals surface area contributed by atoms with Crippen LogP contribution in [0.4, 0.5) is 22.2 Å². The number of hydrogen-bond acceptors (Lipinski definition) is 5. The molecule has 0 N–H and O–H groups in total. The first-order valence-electron chi connectivity index (χ1n) is 7.95. The van der Waals surface area contributed by atoms with Crippen molar-refractivity contribution in [1.82, 2.24) is 9.69 Å². The summed E-state index contributed by atoms with van der Waals surface area (Å²) in [6, 6.07) is 16.9. The van der Waals surface area contributed by atoms with Crippen LogP contribution in [0.5, 0.6) is 0 Å². The lowest BCUT2D eigenvalue weighted by molar-refractivity contribution is -0.00000470. The summed E-state index contributed by atoms with van der Waals surface area (Å²) < 4.78 is 0.307. The normalized spacial score (nSPS) is 21.1. The number of hydrogen-bond donors (Lipinski definition) is 0. The van der Waals surface area contributed by atoms with Gasteiger partial charge in [0.1, 0.15) is 11.4 Å². The van der Waals surface area contributed by atoms with Crippen LogP contribution in [0.2, 0.25) is 0 Å². The van der Waals surface area contributed by atoms with E-state index < -0.39 is 0 Å². The third kappa shape index (κ3) is 1.52. The van der Waals surface area contributed by atoms with Gasteiger partial charge in [0.2, 0.25) is 11.5 Å². The Bertz CT molecular complexity index is 1060. The Balaban J connectivity index is 0.00000140. The number of quaternary nitrogens is 1. The molecule has 3 aliphatic rings. The van der Waals surface area contributed by atoms with Crippen molar-refractivity contribution in [2.24, 2.45) is 5.10 Å². The highest BCUT2D eigenvalue weighted by Crippen LogP contribution is 2.60. The summed E-state index contributed by atoms with van der Waals surface area (Å²) in [6.07, 6.45) is 0. The smallest absolute Gasteiger partial charge is 0.346 e. The molecule has 0 radical (unpaired) electrons. The molecule has 3 aliphatic heterocycles. The van der Waals surface area contributed by atoms with Gasteiger partial charge >= 0.3 is 5.13 Å². The van der Waals surface area contributed by atoms with Gasteiger partial charge in [0, 0.05) is 15.6 Å². The Morgan fingerprint density at radius 2 is 1.68 bits per heavy atom. The number of rotatable bonds is 1. The van der Waals surface area contributed by atoms with E-state index in [4.69, 9.17) is 10.1 Å².